The highest BCUT2D eigenvalue weighted by Gasteiger charge is 2.69. The molecule has 7 atom stereocenters. The molecule has 0 bridgehead atoms. The minimum Gasteiger partial charge on any atom is -0.403 e. The van der Waals surface area contributed by atoms with Gasteiger partial charge in [-0.1, -0.05) is 46.0 Å². The zero-order valence-electron chi connectivity index (χ0n) is 20.2. The second kappa shape index (κ2) is 7.67. The molecule has 0 aromatic heterocycles. The standard InChI is InChI=1S/C27H41BO4/c1-25-13-10-20(29)16-18(25)8-9-21-22(25)11-14-26(2)23(21)12-15-27(26)24(30)17-31-28(32-27)19-6-4-3-5-7-19/h18-19,21-23H,3-17H2,1-2H3. The Morgan fingerprint density at radius 1 is 0.875 bits per heavy atom. The molecule has 7 unspecified atom stereocenters. The van der Waals surface area contributed by atoms with E-state index in [1.54, 1.807) is 0 Å². The van der Waals surface area contributed by atoms with Gasteiger partial charge in [-0.05, 0) is 79.8 Å². The monoisotopic (exact) mass is 440 g/mol. The van der Waals surface area contributed by atoms with Gasteiger partial charge in [0, 0.05) is 18.3 Å². The first-order chi connectivity index (χ1) is 15.4. The van der Waals surface area contributed by atoms with Crippen LogP contribution in [-0.2, 0) is 18.9 Å². The Kier molecular flexibility index (Phi) is 5.23. The highest BCUT2D eigenvalue weighted by atomic mass is 16.6. The summed E-state index contributed by atoms with van der Waals surface area (Å²) in [5.74, 6) is 3.73. The van der Waals surface area contributed by atoms with E-state index < -0.39 is 5.60 Å². The maximum absolute atomic E-state index is 13.5. The Morgan fingerprint density at radius 3 is 2.47 bits per heavy atom. The first-order valence-electron chi connectivity index (χ1n) is 13.7. The molecule has 1 aliphatic heterocycles. The fourth-order valence-electron chi connectivity index (χ4n) is 9.91. The molecule has 0 aromatic rings. The van der Waals surface area contributed by atoms with Crippen LogP contribution in [0.3, 0.4) is 0 Å². The predicted octanol–water partition coefficient (Wildman–Crippen LogP) is 5.78. The summed E-state index contributed by atoms with van der Waals surface area (Å²) >= 11 is 0. The summed E-state index contributed by atoms with van der Waals surface area (Å²) in [4.78, 5) is 25.7. The van der Waals surface area contributed by atoms with Crippen LogP contribution in [0.1, 0.15) is 104 Å². The van der Waals surface area contributed by atoms with Crippen molar-refractivity contribution in [3.63, 3.8) is 0 Å². The number of rotatable bonds is 1. The Labute approximate surface area is 194 Å². The minimum absolute atomic E-state index is 0.0599. The molecule has 0 radical (unpaired) electrons. The van der Waals surface area contributed by atoms with Gasteiger partial charge in [0.2, 0.25) is 0 Å². The lowest BCUT2D eigenvalue weighted by molar-refractivity contribution is -0.177. The zero-order chi connectivity index (χ0) is 22.1. The van der Waals surface area contributed by atoms with Crippen molar-refractivity contribution in [3.05, 3.63) is 0 Å². The molecule has 176 valence electrons. The van der Waals surface area contributed by atoms with E-state index in [1.165, 1.54) is 51.4 Å². The largest absolute Gasteiger partial charge is 0.461 e. The van der Waals surface area contributed by atoms with Crippen molar-refractivity contribution >= 4 is 18.7 Å². The summed E-state index contributed by atoms with van der Waals surface area (Å²) in [6.45, 7) is 5.16. The van der Waals surface area contributed by atoms with Crippen molar-refractivity contribution in [2.75, 3.05) is 6.61 Å². The van der Waals surface area contributed by atoms with Gasteiger partial charge in [-0.2, -0.15) is 0 Å². The molecular formula is C27H41BO4. The molecule has 6 aliphatic rings. The lowest BCUT2D eigenvalue weighted by Crippen LogP contribution is -2.64. The van der Waals surface area contributed by atoms with Gasteiger partial charge in [-0.15, -0.1) is 0 Å². The van der Waals surface area contributed by atoms with E-state index in [1.807, 2.05) is 0 Å². The van der Waals surface area contributed by atoms with Crippen LogP contribution in [-0.4, -0.2) is 30.9 Å². The molecule has 1 heterocycles. The van der Waals surface area contributed by atoms with Gasteiger partial charge in [0.1, 0.15) is 11.4 Å². The maximum atomic E-state index is 13.5. The van der Waals surface area contributed by atoms with Gasteiger partial charge < -0.3 is 9.31 Å². The summed E-state index contributed by atoms with van der Waals surface area (Å²) in [6.07, 6.45) is 15.6. The summed E-state index contributed by atoms with van der Waals surface area (Å²) < 4.78 is 12.9. The van der Waals surface area contributed by atoms with Crippen LogP contribution in [0.25, 0.3) is 0 Å². The number of Topliss-reactive ketones (excluding diaryl/α,β-unsaturated/α-hetero) is 2. The summed E-state index contributed by atoms with van der Waals surface area (Å²) in [7, 11) is -0.182. The molecule has 1 spiro atoms. The molecule has 5 saturated carbocycles. The molecule has 0 amide bonds. The van der Waals surface area contributed by atoms with Gasteiger partial charge in [0.15, 0.2) is 5.78 Å². The number of hydrogen-bond donors (Lipinski definition) is 0. The molecule has 1 saturated heterocycles. The van der Waals surface area contributed by atoms with Crippen LogP contribution in [0.4, 0.5) is 0 Å². The van der Waals surface area contributed by atoms with Crippen molar-refractivity contribution in [2.24, 2.45) is 34.5 Å². The predicted molar refractivity (Wildman–Crippen MR) is 124 cm³/mol. The Bertz CT molecular complexity index is 793. The lowest BCUT2D eigenvalue weighted by Gasteiger charge is -2.61. The van der Waals surface area contributed by atoms with E-state index >= 15 is 0 Å². The first-order valence-corrected chi connectivity index (χ1v) is 13.7. The average Bonchev–Trinajstić information content (AvgIpc) is 3.09. The van der Waals surface area contributed by atoms with E-state index in [0.29, 0.717) is 40.7 Å². The Hall–Kier alpha value is -0.675. The molecule has 6 rings (SSSR count). The molecule has 5 heteroatoms. The van der Waals surface area contributed by atoms with Crippen LogP contribution in [0.5, 0.6) is 0 Å². The highest BCUT2D eigenvalue weighted by molar-refractivity contribution is 6.48. The van der Waals surface area contributed by atoms with Gasteiger partial charge in [0.25, 0.3) is 0 Å². The third-order valence-corrected chi connectivity index (χ3v) is 11.8. The third-order valence-electron chi connectivity index (χ3n) is 11.8. The van der Waals surface area contributed by atoms with Crippen molar-refractivity contribution in [2.45, 2.75) is 115 Å². The van der Waals surface area contributed by atoms with Gasteiger partial charge in [-0.25, -0.2) is 0 Å². The summed E-state index contributed by atoms with van der Waals surface area (Å²) in [6, 6.07) is 0. The topological polar surface area (TPSA) is 52.6 Å². The smallest absolute Gasteiger partial charge is 0.403 e. The first kappa shape index (κ1) is 21.8. The van der Waals surface area contributed by atoms with E-state index in [9.17, 15) is 9.59 Å². The van der Waals surface area contributed by atoms with Gasteiger partial charge >= 0.3 is 7.12 Å². The fraction of sp³-hybridized carbons (Fsp3) is 0.926. The molecule has 4 nitrogen and oxygen atoms in total. The molecular weight excluding hydrogens is 399 g/mol. The maximum Gasteiger partial charge on any atom is 0.461 e. The van der Waals surface area contributed by atoms with Crippen molar-refractivity contribution in [1.29, 1.82) is 0 Å². The normalized spacial score (nSPS) is 49.6. The molecule has 5 aliphatic carbocycles. The van der Waals surface area contributed by atoms with Crippen LogP contribution < -0.4 is 0 Å². The quantitative estimate of drug-likeness (QED) is 0.486. The van der Waals surface area contributed by atoms with Gasteiger partial charge in [0.05, 0.1) is 6.61 Å². The SMILES string of the molecule is CC12CCC(=O)CC1CCC1C2CCC2(C)C1CCC21OB(C2CCCCC2)OCC1=O. The van der Waals surface area contributed by atoms with Gasteiger partial charge in [-0.3, -0.25) is 9.59 Å². The van der Waals surface area contributed by atoms with Crippen molar-refractivity contribution < 1.29 is 18.9 Å². The number of carbonyl (C=O) groups is 2. The van der Waals surface area contributed by atoms with E-state index in [4.69, 9.17) is 9.31 Å². The van der Waals surface area contributed by atoms with E-state index in [0.717, 1.165) is 38.5 Å². The average molecular weight is 440 g/mol. The zero-order valence-corrected chi connectivity index (χ0v) is 20.2. The fourth-order valence-corrected chi connectivity index (χ4v) is 9.91. The molecule has 6 fully saturated rings. The van der Waals surface area contributed by atoms with Crippen LogP contribution in [0.15, 0.2) is 0 Å². The van der Waals surface area contributed by atoms with Crippen molar-refractivity contribution in [3.8, 4) is 0 Å². The summed E-state index contributed by atoms with van der Waals surface area (Å²) in [5.41, 5.74) is -0.363. The number of ketones is 2. The Balaban J connectivity index is 1.27. The Morgan fingerprint density at radius 2 is 1.66 bits per heavy atom. The van der Waals surface area contributed by atoms with Crippen molar-refractivity contribution in [1.82, 2.24) is 0 Å². The number of hydrogen-bond acceptors (Lipinski definition) is 4. The molecule has 32 heavy (non-hydrogen) atoms. The molecule has 0 aromatic carbocycles. The van der Waals surface area contributed by atoms with Crippen LogP contribution in [0.2, 0.25) is 5.82 Å². The van der Waals surface area contributed by atoms with Crippen LogP contribution in [0, 0.1) is 34.5 Å². The number of fused-ring (bicyclic) bond motifs is 6. The van der Waals surface area contributed by atoms with E-state index in [-0.39, 0.29) is 24.9 Å². The highest BCUT2D eigenvalue weighted by Crippen LogP contribution is 2.69. The summed E-state index contributed by atoms with van der Waals surface area (Å²) in [5, 5.41) is 0. The minimum atomic E-state index is -0.622. The van der Waals surface area contributed by atoms with Crippen LogP contribution >= 0.6 is 0 Å². The third kappa shape index (κ3) is 2.95. The number of carbonyl (C=O) groups excluding carboxylic acids is 2. The second-order valence-corrected chi connectivity index (χ2v) is 12.8. The lowest BCUT2D eigenvalue weighted by atomic mass is 9.44. The molecule has 0 N–H and O–H groups in total. The van der Waals surface area contributed by atoms with E-state index in [2.05, 4.69) is 13.8 Å². The second-order valence-electron chi connectivity index (χ2n) is 12.8.